The fourth-order valence-electron chi connectivity index (χ4n) is 3.93. The summed E-state index contributed by atoms with van der Waals surface area (Å²) < 4.78 is 11.2. The lowest BCUT2D eigenvalue weighted by Gasteiger charge is -2.35. The standard InChI is InChI=1S/C22H26O3/c1-3-25-21(23)15-14-20-13-12-17-8-7-9-18(17)16-22(20,24-2)19-10-5-4-6-11-19/h4-6,10-17,20H,3,7-9H2,1-2H3/b15-14+/t17-,20-,22+/m1/s1. The monoisotopic (exact) mass is 338 g/mol. The molecule has 3 rings (SSSR count). The van der Waals surface area contributed by atoms with Gasteiger partial charge < -0.3 is 9.47 Å². The van der Waals surface area contributed by atoms with Crippen LogP contribution in [0.5, 0.6) is 0 Å². The second-order valence-electron chi connectivity index (χ2n) is 6.60. The Morgan fingerprint density at radius 1 is 1.28 bits per heavy atom. The molecule has 3 atom stereocenters. The summed E-state index contributed by atoms with van der Waals surface area (Å²) in [4.78, 5) is 11.8. The molecule has 25 heavy (non-hydrogen) atoms. The number of hydrogen-bond acceptors (Lipinski definition) is 3. The number of carbonyl (C=O) groups excluding carboxylic acids is 1. The Kier molecular flexibility index (Phi) is 5.54. The molecule has 0 amide bonds. The van der Waals surface area contributed by atoms with Crippen LogP contribution in [0.2, 0.25) is 0 Å². The lowest BCUT2D eigenvalue weighted by molar-refractivity contribution is -0.137. The maximum absolute atomic E-state index is 11.8. The zero-order valence-corrected chi connectivity index (χ0v) is 15.0. The van der Waals surface area contributed by atoms with Crippen molar-refractivity contribution in [1.82, 2.24) is 0 Å². The van der Waals surface area contributed by atoms with Gasteiger partial charge in [0.05, 0.1) is 6.61 Å². The minimum atomic E-state index is -0.602. The smallest absolute Gasteiger partial charge is 0.330 e. The lowest BCUT2D eigenvalue weighted by Crippen LogP contribution is -2.33. The Hall–Kier alpha value is -2.13. The number of ether oxygens (including phenoxy) is 2. The van der Waals surface area contributed by atoms with Crippen LogP contribution in [-0.2, 0) is 19.9 Å². The third-order valence-corrected chi connectivity index (χ3v) is 5.19. The highest BCUT2D eigenvalue weighted by Gasteiger charge is 2.39. The van der Waals surface area contributed by atoms with Crippen molar-refractivity contribution in [3.63, 3.8) is 0 Å². The van der Waals surface area contributed by atoms with Gasteiger partial charge in [-0.2, -0.15) is 0 Å². The molecule has 0 aromatic heterocycles. The molecular formula is C22H26O3. The van der Waals surface area contributed by atoms with Crippen molar-refractivity contribution in [2.24, 2.45) is 11.8 Å². The largest absolute Gasteiger partial charge is 0.463 e. The summed E-state index contributed by atoms with van der Waals surface area (Å²) in [5.74, 6) is 0.104. The first-order valence-electron chi connectivity index (χ1n) is 9.05. The second-order valence-corrected chi connectivity index (χ2v) is 6.60. The summed E-state index contributed by atoms with van der Waals surface area (Å²) in [6.45, 7) is 2.19. The van der Waals surface area contributed by atoms with Crippen LogP contribution in [0.3, 0.4) is 0 Å². The maximum Gasteiger partial charge on any atom is 0.330 e. The number of rotatable bonds is 5. The van der Waals surface area contributed by atoms with Crippen LogP contribution < -0.4 is 0 Å². The molecule has 1 fully saturated rings. The Morgan fingerprint density at radius 2 is 2.08 bits per heavy atom. The number of esters is 1. The lowest BCUT2D eigenvalue weighted by atomic mass is 9.80. The van der Waals surface area contributed by atoms with Crippen LogP contribution in [0, 0.1) is 11.8 Å². The minimum absolute atomic E-state index is 0.0672. The molecule has 1 aromatic rings. The fourth-order valence-corrected chi connectivity index (χ4v) is 3.93. The summed E-state index contributed by atoms with van der Waals surface area (Å²) in [5.41, 5.74) is 1.93. The summed E-state index contributed by atoms with van der Waals surface area (Å²) in [5, 5.41) is 0. The normalized spacial score (nSPS) is 28.5. The highest BCUT2D eigenvalue weighted by Crippen LogP contribution is 2.45. The SMILES string of the molecule is CCOC(=O)/C=C/[C@H]1C=C[C@H]2CCCC2=C[C@]1(OC)c1ccccc1. The van der Waals surface area contributed by atoms with E-state index in [2.05, 4.69) is 30.4 Å². The first kappa shape index (κ1) is 17.7. The van der Waals surface area contributed by atoms with Gasteiger partial charge in [0.25, 0.3) is 0 Å². The van der Waals surface area contributed by atoms with Crippen LogP contribution in [-0.4, -0.2) is 19.7 Å². The molecule has 3 nitrogen and oxygen atoms in total. The average Bonchev–Trinajstić information content (AvgIpc) is 3.02. The van der Waals surface area contributed by atoms with E-state index in [-0.39, 0.29) is 11.9 Å². The Balaban J connectivity index is 2.05. The number of fused-ring (bicyclic) bond motifs is 1. The number of benzene rings is 1. The third kappa shape index (κ3) is 3.62. The molecule has 1 saturated carbocycles. The van der Waals surface area contributed by atoms with Crippen molar-refractivity contribution in [2.75, 3.05) is 13.7 Å². The molecule has 2 aliphatic carbocycles. The van der Waals surface area contributed by atoms with E-state index in [1.54, 1.807) is 7.11 Å². The second kappa shape index (κ2) is 7.83. The van der Waals surface area contributed by atoms with Gasteiger partial charge in [-0.1, -0.05) is 54.1 Å². The molecule has 0 N–H and O–H groups in total. The van der Waals surface area contributed by atoms with E-state index in [0.29, 0.717) is 12.5 Å². The first-order valence-corrected chi connectivity index (χ1v) is 9.05. The van der Waals surface area contributed by atoms with Crippen molar-refractivity contribution in [1.29, 1.82) is 0 Å². The van der Waals surface area contributed by atoms with Crippen LogP contribution in [0.4, 0.5) is 0 Å². The highest BCUT2D eigenvalue weighted by molar-refractivity contribution is 5.82. The van der Waals surface area contributed by atoms with E-state index >= 15 is 0 Å². The van der Waals surface area contributed by atoms with E-state index in [1.807, 2.05) is 31.2 Å². The molecule has 0 spiro atoms. The Labute approximate surface area is 150 Å². The molecule has 0 aliphatic heterocycles. The van der Waals surface area contributed by atoms with Gasteiger partial charge in [-0.15, -0.1) is 0 Å². The first-order chi connectivity index (χ1) is 12.2. The van der Waals surface area contributed by atoms with Gasteiger partial charge in [0.1, 0.15) is 5.60 Å². The average molecular weight is 338 g/mol. The quantitative estimate of drug-likeness (QED) is 0.448. The molecule has 0 unspecified atom stereocenters. The van der Waals surface area contributed by atoms with Crippen molar-refractivity contribution >= 4 is 5.97 Å². The maximum atomic E-state index is 11.8. The van der Waals surface area contributed by atoms with Gasteiger partial charge >= 0.3 is 5.97 Å². The van der Waals surface area contributed by atoms with Crippen LogP contribution in [0.1, 0.15) is 31.7 Å². The number of hydrogen-bond donors (Lipinski definition) is 0. The van der Waals surface area contributed by atoms with E-state index in [0.717, 1.165) is 12.0 Å². The number of methoxy groups -OCH3 is 1. The van der Waals surface area contributed by atoms with Crippen molar-refractivity contribution in [2.45, 2.75) is 31.8 Å². The van der Waals surface area contributed by atoms with Gasteiger partial charge in [-0.25, -0.2) is 4.79 Å². The summed E-state index contributed by atoms with van der Waals surface area (Å²) in [6, 6.07) is 10.3. The molecule has 2 aliphatic rings. The van der Waals surface area contributed by atoms with E-state index in [9.17, 15) is 4.79 Å². The summed E-state index contributed by atoms with van der Waals surface area (Å²) in [6.07, 6.45) is 13.7. The molecular weight excluding hydrogens is 312 g/mol. The topological polar surface area (TPSA) is 35.5 Å². The molecule has 0 heterocycles. The van der Waals surface area contributed by atoms with E-state index < -0.39 is 5.60 Å². The van der Waals surface area contributed by atoms with Gasteiger partial charge in [0, 0.05) is 19.1 Å². The predicted octanol–water partition coefficient (Wildman–Crippen LogP) is 4.56. The van der Waals surface area contributed by atoms with Crippen LogP contribution in [0.15, 0.2) is 66.3 Å². The molecule has 0 radical (unpaired) electrons. The molecule has 1 aromatic carbocycles. The van der Waals surface area contributed by atoms with Crippen molar-refractivity contribution < 1.29 is 14.3 Å². The van der Waals surface area contributed by atoms with E-state index in [4.69, 9.17) is 9.47 Å². The molecule has 0 saturated heterocycles. The Morgan fingerprint density at radius 3 is 2.80 bits per heavy atom. The summed E-state index contributed by atoms with van der Waals surface area (Å²) in [7, 11) is 1.75. The number of allylic oxidation sites excluding steroid dienone is 2. The molecule has 3 heteroatoms. The third-order valence-electron chi connectivity index (χ3n) is 5.19. The van der Waals surface area contributed by atoms with Gasteiger partial charge in [-0.05, 0) is 43.7 Å². The Bertz CT molecular complexity index is 686. The van der Waals surface area contributed by atoms with Crippen molar-refractivity contribution in [3.05, 3.63) is 71.8 Å². The van der Waals surface area contributed by atoms with E-state index in [1.165, 1.54) is 24.5 Å². The van der Waals surface area contributed by atoms with Crippen LogP contribution in [0.25, 0.3) is 0 Å². The van der Waals surface area contributed by atoms with Gasteiger partial charge in [0.2, 0.25) is 0 Å². The highest BCUT2D eigenvalue weighted by atomic mass is 16.5. The van der Waals surface area contributed by atoms with Gasteiger partial charge in [0.15, 0.2) is 0 Å². The molecule has 132 valence electrons. The zero-order chi connectivity index (χ0) is 17.7. The zero-order valence-electron chi connectivity index (χ0n) is 15.0. The predicted molar refractivity (Wildman–Crippen MR) is 99.0 cm³/mol. The van der Waals surface area contributed by atoms with Crippen molar-refractivity contribution in [3.8, 4) is 0 Å². The van der Waals surface area contributed by atoms with Crippen LogP contribution >= 0.6 is 0 Å². The minimum Gasteiger partial charge on any atom is -0.463 e. The molecule has 0 bridgehead atoms. The fraction of sp³-hybridized carbons (Fsp3) is 0.409. The van der Waals surface area contributed by atoms with Gasteiger partial charge in [-0.3, -0.25) is 0 Å². The summed E-state index contributed by atoms with van der Waals surface area (Å²) >= 11 is 0. The number of carbonyl (C=O) groups is 1.